The molecule has 0 aromatic heterocycles. The van der Waals surface area contributed by atoms with Crippen LogP contribution in [0.4, 0.5) is 0 Å². The first-order valence-electron chi connectivity index (χ1n) is 6.73. The first-order valence-corrected chi connectivity index (χ1v) is 6.73. The summed E-state index contributed by atoms with van der Waals surface area (Å²) in [5.41, 5.74) is 2.82. The summed E-state index contributed by atoms with van der Waals surface area (Å²) in [6.07, 6.45) is 6.03. The molecule has 0 radical (unpaired) electrons. The molecule has 98 valence electrons. The zero-order valence-corrected chi connectivity index (χ0v) is 11.8. The van der Waals surface area contributed by atoms with Gasteiger partial charge in [-0.25, -0.2) is 0 Å². The predicted molar refractivity (Wildman–Crippen MR) is 74.0 cm³/mol. The number of nitrogens with zero attached hydrogens (tertiary/aromatic N) is 1. The summed E-state index contributed by atoms with van der Waals surface area (Å²) in [4.78, 5) is 0. The van der Waals surface area contributed by atoms with E-state index in [1.807, 2.05) is 0 Å². The lowest BCUT2D eigenvalue weighted by molar-refractivity contribution is -0.911. The molecule has 2 nitrogen and oxygen atoms in total. The summed E-state index contributed by atoms with van der Waals surface area (Å²) < 4.78 is 6.55. The second-order valence-corrected chi connectivity index (χ2v) is 5.72. The molecular weight excluding hydrogens is 210 g/mol. The molecule has 0 spiro atoms. The van der Waals surface area contributed by atoms with E-state index in [1.165, 1.54) is 24.0 Å². The first kappa shape index (κ1) is 14.5. The molecule has 0 N–H and O–H groups in total. The van der Waals surface area contributed by atoms with Gasteiger partial charge in [-0.2, -0.15) is 0 Å². The van der Waals surface area contributed by atoms with Crippen LogP contribution < -0.4 is 0 Å². The van der Waals surface area contributed by atoms with Gasteiger partial charge in [0.05, 0.1) is 26.8 Å². The van der Waals surface area contributed by atoms with Crippen LogP contribution in [0, 0.1) is 0 Å². The summed E-state index contributed by atoms with van der Waals surface area (Å²) >= 11 is 0. The molecule has 2 heteroatoms. The van der Waals surface area contributed by atoms with Crippen LogP contribution in [0.5, 0.6) is 0 Å². The molecule has 0 unspecified atom stereocenters. The van der Waals surface area contributed by atoms with Crippen LogP contribution in [0.25, 0.3) is 0 Å². The van der Waals surface area contributed by atoms with Crippen molar-refractivity contribution in [3.05, 3.63) is 23.8 Å². The summed E-state index contributed by atoms with van der Waals surface area (Å²) in [5.74, 6) is 0. The molecule has 0 amide bonds. The van der Waals surface area contributed by atoms with Gasteiger partial charge >= 0.3 is 0 Å². The second kappa shape index (κ2) is 6.97. The highest BCUT2D eigenvalue weighted by atomic mass is 16.5. The number of ether oxygens (including phenoxy) is 1. The lowest BCUT2D eigenvalue weighted by atomic mass is 10.1. The van der Waals surface area contributed by atoms with Crippen molar-refractivity contribution in [2.24, 2.45) is 0 Å². The van der Waals surface area contributed by atoms with E-state index in [-0.39, 0.29) is 0 Å². The van der Waals surface area contributed by atoms with Gasteiger partial charge in [0.15, 0.2) is 0 Å². The Morgan fingerprint density at radius 2 is 1.88 bits per heavy atom. The minimum Gasteiger partial charge on any atom is -0.370 e. The topological polar surface area (TPSA) is 9.23 Å². The van der Waals surface area contributed by atoms with Crippen molar-refractivity contribution in [3.8, 4) is 0 Å². The fraction of sp³-hybridized carbons (Fsp3) is 0.733. The van der Waals surface area contributed by atoms with Gasteiger partial charge < -0.3 is 9.22 Å². The summed E-state index contributed by atoms with van der Waals surface area (Å²) in [6, 6.07) is 0. The smallest absolute Gasteiger partial charge is 0.102 e. The fourth-order valence-electron chi connectivity index (χ4n) is 2.11. The van der Waals surface area contributed by atoms with Gasteiger partial charge in [0.1, 0.15) is 13.1 Å². The third-order valence-corrected chi connectivity index (χ3v) is 3.61. The maximum absolute atomic E-state index is 5.42. The highest BCUT2D eigenvalue weighted by Gasteiger charge is 2.23. The molecule has 1 aliphatic heterocycles. The molecule has 0 aromatic rings. The van der Waals surface area contributed by atoms with Gasteiger partial charge in [0, 0.05) is 0 Å². The van der Waals surface area contributed by atoms with Gasteiger partial charge in [-0.1, -0.05) is 11.1 Å². The highest BCUT2D eigenvalue weighted by Crippen LogP contribution is 2.13. The predicted octanol–water partition coefficient (Wildman–Crippen LogP) is 3.16. The molecule has 0 aromatic carbocycles. The molecule has 0 saturated carbocycles. The molecule has 0 atom stereocenters. The van der Waals surface area contributed by atoms with Crippen molar-refractivity contribution < 1.29 is 9.22 Å². The van der Waals surface area contributed by atoms with Crippen LogP contribution >= 0.6 is 0 Å². The van der Waals surface area contributed by atoms with E-state index in [2.05, 4.69) is 33.6 Å². The zero-order valence-electron chi connectivity index (χ0n) is 11.8. The Morgan fingerprint density at radius 1 is 1.24 bits per heavy atom. The summed E-state index contributed by atoms with van der Waals surface area (Å²) in [5, 5.41) is 0. The Morgan fingerprint density at radius 3 is 2.47 bits per heavy atom. The van der Waals surface area contributed by atoms with Crippen molar-refractivity contribution in [1.82, 2.24) is 0 Å². The Balaban J connectivity index is 2.28. The van der Waals surface area contributed by atoms with Crippen LogP contribution in [-0.2, 0) is 4.74 Å². The lowest BCUT2D eigenvalue weighted by Crippen LogP contribution is -2.51. The molecule has 0 bridgehead atoms. The normalized spacial score (nSPS) is 20.3. The third kappa shape index (κ3) is 6.04. The van der Waals surface area contributed by atoms with E-state index >= 15 is 0 Å². The number of rotatable bonds is 6. The van der Waals surface area contributed by atoms with Crippen LogP contribution in [0.3, 0.4) is 0 Å². The average molecular weight is 238 g/mol. The van der Waals surface area contributed by atoms with Gasteiger partial charge in [0.25, 0.3) is 0 Å². The number of likely N-dealkylation sites (N-methyl/N-ethyl adjacent to an activating group) is 1. The van der Waals surface area contributed by atoms with Crippen LogP contribution in [0.15, 0.2) is 23.8 Å². The molecule has 1 heterocycles. The van der Waals surface area contributed by atoms with E-state index < -0.39 is 0 Å². The number of hydrogen-bond donors (Lipinski definition) is 0. The minimum absolute atomic E-state index is 0.916. The Bertz CT molecular complexity index is 275. The molecular formula is C15H28NO+. The van der Waals surface area contributed by atoms with E-state index in [4.69, 9.17) is 4.74 Å². The highest BCUT2D eigenvalue weighted by molar-refractivity contribution is 4.99. The Hall–Kier alpha value is -0.600. The Kier molecular flexibility index (Phi) is 5.93. The van der Waals surface area contributed by atoms with Crippen molar-refractivity contribution in [1.29, 1.82) is 0 Å². The van der Waals surface area contributed by atoms with Crippen molar-refractivity contribution in [3.63, 3.8) is 0 Å². The molecule has 1 saturated heterocycles. The van der Waals surface area contributed by atoms with Crippen molar-refractivity contribution in [2.45, 2.75) is 33.1 Å². The molecule has 1 rings (SSSR count). The van der Waals surface area contributed by atoms with E-state index in [1.54, 1.807) is 0 Å². The SMILES string of the molecule is C=C(C)CCC/C(C)=C/C[N+]1(C)CCOCC1. The van der Waals surface area contributed by atoms with Gasteiger partial charge in [-0.15, -0.1) is 6.58 Å². The maximum atomic E-state index is 5.42. The summed E-state index contributed by atoms with van der Waals surface area (Å²) in [7, 11) is 2.33. The molecule has 1 fully saturated rings. The summed E-state index contributed by atoms with van der Waals surface area (Å²) in [6.45, 7) is 13.6. The van der Waals surface area contributed by atoms with Crippen LogP contribution in [0.2, 0.25) is 0 Å². The van der Waals surface area contributed by atoms with E-state index in [0.29, 0.717) is 0 Å². The Labute approximate surface area is 107 Å². The maximum Gasteiger partial charge on any atom is 0.102 e. The van der Waals surface area contributed by atoms with E-state index in [9.17, 15) is 0 Å². The van der Waals surface area contributed by atoms with Gasteiger partial charge in [-0.05, 0) is 39.2 Å². The number of allylic oxidation sites excluding steroid dienone is 2. The minimum atomic E-state index is 0.916. The van der Waals surface area contributed by atoms with Crippen LogP contribution in [0.1, 0.15) is 33.1 Å². The van der Waals surface area contributed by atoms with Crippen LogP contribution in [-0.4, -0.2) is 44.4 Å². The monoisotopic (exact) mass is 238 g/mol. The number of quaternary nitrogens is 1. The average Bonchev–Trinajstić information content (AvgIpc) is 2.27. The number of morpholine rings is 1. The van der Waals surface area contributed by atoms with E-state index in [0.717, 1.165) is 43.8 Å². The van der Waals surface area contributed by atoms with Crippen molar-refractivity contribution in [2.75, 3.05) is 39.9 Å². The molecule has 0 aliphatic carbocycles. The number of hydrogen-bond acceptors (Lipinski definition) is 1. The quantitative estimate of drug-likeness (QED) is 0.510. The molecule has 1 aliphatic rings. The third-order valence-electron chi connectivity index (χ3n) is 3.61. The first-order chi connectivity index (χ1) is 8.02. The van der Waals surface area contributed by atoms with Gasteiger partial charge in [0.2, 0.25) is 0 Å². The second-order valence-electron chi connectivity index (χ2n) is 5.72. The zero-order chi connectivity index (χ0) is 12.7. The largest absolute Gasteiger partial charge is 0.370 e. The molecule has 17 heavy (non-hydrogen) atoms. The standard InChI is InChI=1S/C15H28NO/c1-14(2)6-5-7-15(3)8-9-16(4)10-12-17-13-11-16/h8H,1,5-7,9-13H2,2-4H3/q+1/b15-8+. The fourth-order valence-corrected chi connectivity index (χ4v) is 2.11. The van der Waals surface area contributed by atoms with Crippen molar-refractivity contribution >= 4 is 0 Å². The van der Waals surface area contributed by atoms with Gasteiger partial charge in [-0.3, -0.25) is 0 Å². The lowest BCUT2D eigenvalue weighted by Gasteiger charge is -2.36.